The van der Waals surface area contributed by atoms with E-state index < -0.39 is 0 Å². The van der Waals surface area contributed by atoms with Crippen molar-refractivity contribution in [2.45, 2.75) is 39.8 Å². The van der Waals surface area contributed by atoms with Gasteiger partial charge >= 0.3 is 0 Å². The van der Waals surface area contributed by atoms with Crippen LogP contribution in [0.5, 0.6) is 0 Å². The summed E-state index contributed by atoms with van der Waals surface area (Å²) in [5, 5.41) is 0. The van der Waals surface area contributed by atoms with E-state index in [1.165, 1.54) is 11.3 Å². The van der Waals surface area contributed by atoms with Crippen LogP contribution in [-0.2, 0) is 11.3 Å². The summed E-state index contributed by atoms with van der Waals surface area (Å²) < 4.78 is 0. The van der Waals surface area contributed by atoms with Crippen LogP contribution in [0.4, 0.5) is 5.69 Å². The largest absolute Gasteiger partial charge is 0.369 e. The zero-order valence-corrected chi connectivity index (χ0v) is 15.1. The molecule has 4 heteroatoms. The fourth-order valence-corrected chi connectivity index (χ4v) is 3.05. The zero-order chi connectivity index (χ0) is 16.8. The smallest absolute Gasteiger partial charge is 0.131 e. The van der Waals surface area contributed by atoms with Gasteiger partial charge in [0, 0.05) is 57.4 Å². The molecule has 1 heterocycles. The summed E-state index contributed by atoms with van der Waals surface area (Å²) >= 11 is 0. The second-order valence-corrected chi connectivity index (χ2v) is 6.97. The van der Waals surface area contributed by atoms with Crippen LogP contribution in [0, 0.1) is 0 Å². The number of benzene rings is 1. The van der Waals surface area contributed by atoms with Gasteiger partial charge in [0.1, 0.15) is 5.78 Å². The lowest BCUT2D eigenvalue weighted by molar-refractivity contribution is -0.117. The Labute approximate surface area is 141 Å². The summed E-state index contributed by atoms with van der Waals surface area (Å²) in [4.78, 5) is 18.3. The molecule has 0 bridgehead atoms. The second kappa shape index (κ2) is 8.46. The van der Waals surface area contributed by atoms with Gasteiger partial charge in [-0.05, 0) is 45.5 Å². The van der Waals surface area contributed by atoms with Crippen molar-refractivity contribution in [3.8, 4) is 0 Å². The molecule has 23 heavy (non-hydrogen) atoms. The maximum Gasteiger partial charge on any atom is 0.131 e. The van der Waals surface area contributed by atoms with Crippen LogP contribution in [-0.4, -0.2) is 61.4 Å². The van der Waals surface area contributed by atoms with Gasteiger partial charge in [0.25, 0.3) is 0 Å². The number of nitrogens with zero attached hydrogens (tertiary/aromatic N) is 3. The van der Waals surface area contributed by atoms with E-state index in [9.17, 15) is 4.79 Å². The molecule has 0 aliphatic carbocycles. The lowest BCUT2D eigenvalue weighted by Crippen LogP contribution is -2.48. The third-order valence-electron chi connectivity index (χ3n) is 4.64. The highest BCUT2D eigenvalue weighted by Crippen LogP contribution is 2.18. The van der Waals surface area contributed by atoms with Crippen LogP contribution in [0.25, 0.3) is 0 Å². The van der Waals surface area contributed by atoms with Gasteiger partial charge in [-0.15, -0.1) is 0 Å². The van der Waals surface area contributed by atoms with Gasteiger partial charge in [-0.2, -0.15) is 0 Å². The Bertz CT molecular complexity index is 490. The number of ketones is 1. The summed E-state index contributed by atoms with van der Waals surface area (Å²) in [6, 6.07) is 9.55. The predicted molar refractivity (Wildman–Crippen MR) is 97.0 cm³/mol. The summed E-state index contributed by atoms with van der Waals surface area (Å²) in [6.07, 6.45) is 0.634. The lowest BCUT2D eigenvalue weighted by atomic mass is 10.1. The highest BCUT2D eigenvalue weighted by atomic mass is 16.1. The normalized spacial score (nSPS) is 16.3. The standard InChI is InChI=1S/C19H31N3O/c1-16(2)21-11-13-22(14-12-21)19-7-5-18(6-8-19)15-20(4)10-9-17(3)23/h5-8,16H,9-15H2,1-4H3. The highest BCUT2D eigenvalue weighted by molar-refractivity contribution is 5.75. The molecule has 1 fully saturated rings. The summed E-state index contributed by atoms with van der Waals surface area (Å²) in [5.74, 6) is 0.257. The van der Waals surface area contributed by atoms with Crippen LogP contribution >= 0.6 is 0 Å². The summed E-state index contributed by atoms with van der Waals surface area (Å²) in [5.41, 5.74) is 2.63. The van der Waals surface area contributed by atoms with Gasteiger partial charge in [-0.25, -0.2) is 0 Å². The van der Waals surface area contributed by atoms with Crippen molar-refractivity contribution in [1.29, 1.82) is 0 Å². The topological polar surface area (TPSA) is 26.8 Å². The van der Waals surface area contributed by atoms with Crippen LogP contribution in [0.2, 0.25) is 0 Å². The maximum absolute atomic E-state index is 11.0. The Morgan fingerprint density at radius 3 is 2.26 bits per heavy atom. The molecule has 1 aliphatic rings. The van der Waals surface area contributed by atoms with E-state index in [1.807, 2.05) is 0 Å². The molecule has 0 radical (unpaired) electrons. The third kappa shape index (κ3) is 5.63. The quantitative estimate of drug-likeness (QED) is 0.772. The van der Waals surface area contributed by atoms with E-state index in [2.05, 4.69) is 59.9 Å². The van der Waals surface area contributed by atoms with Gasteiger partial charge in [-0.3, -0.25) is 9.69 Å². The second-order valence-electron chi connectivity index (χ2n) is 6.97. The van der Waals surface area contributed by atoms with Gasteiger partial charge < -0.3 is 9.80 Å². The van der Waals surface area contributed by atoms with Gasteiger partial charge in [0.15, 0.2) is 0 Å². The molecule has 0 N–H and O–H groups in total. The minimum absolute atomic E-state index is 0.257. The van der Waals surface area contributed by atoms with Crippen molar-refractivity contribution in [1.82, 2.24) is 9.80 Å². The average molecular weight is 317 g/mol. The highest BCUT2D eigenvalue weighted by Gasteiger charge is 2.18. The number of hydrogen-bond donors (Lipinski definition) is 0. The van der Waals surface area contributed by atoms with Crippen molar-refractivity contribution in [3.63, 3.8) is 0 Å². The van der Waals surface area contributed by atoms with Gasteiger partial charge in [0.2, 0.25) is 0 Å². The minimum Gasteiger partial charge on any atom is -0.369 e. The summed E-state index contributed by atoms with van der Waals surface area (Å²) in [6.45, 7) is 12.4. The fourth-order valence-electron chi connectivity index (χ4n) is 3.05. The minimum atomic E-state index is 0.257. The SMILES string of the molecule is CC(=O)CCN(C)Cc1ccc(N2CCN(C(C)C)CC2)cc1. The number of Topliss-reactive ketones (excluding diaryl/α,β-unsaturated/α-hetero) is 1. The molecule has 0 spiro atoms. The monoisotopic (exact) mass is 317 g/mol. The number of carbonyl (C=O) groups is 1. The Hall–Kier alpha value is -1.39. The number of piperazine rings is 1. The molecule has 1 aromatic rings. The Kier molecular flexibility index (Phi) is 6.60. The van der Waals surface area contributed by atoms with E-state index in [1.54, 1.807) is 6.92 Å². The van der Waals surface area contributed by atoms with Gasteiger partial charge in [-0.1, -0.05) is 12.1 Å². The maximum atomic E-state index is 11.0. The van der Waals surface area contributed by atoms with Crippen molar-refractivity contribution >= 4 is 11.5 Å². The van der Waals surface area contributed by atoms with Crippen LogP contribution in [0.3, 0.4) is 0 Å². The van der Waals surface area contributed by atoms with Crippen molar-refractivity contribution < 1.29 is 4.79 Å². The number of rotatable bonds is 7. The molecule has 1 aromatic carbocycles. The van der Waals surface area contributed by atoms with Crippen molar-refractivity contribution in [3.05, 3.63) is 29.8 Å². The Morgan fingerprint density at radius 2 is 1.74 bits per heavy atom. The molecule has 0 aromatic heterocycles. The number of hydrogen-bond acceptors (Lipinski definition) is 4. The van der Waals surface area contributed by atoms with E-state index in [0.29, 0.717) is 12.5 Å². The number of carbonyl (C=O) groups excluding carboxylic acids is 1. The van der Waals surface area contributed by atoms with Crippen LogP contribution < -0.4 is 4.90 Å². The van der Waals surface area contributed by atoms with E-state index >= 15 is 0 Å². The van der Waals surface area contributed by atoms with Gasteiger partial charge in [0.05, 0.1) is 0 Å². The third-order valence-corrected chi connectivity index (χ3v) is 4.64. The molecule has 0 atom stereocenters. The molecule has 0 saturated carbocycles. The number of anilines is 1. The predicted octanol–water partition coefficient (Wildman–Crippen LogP) is 2.63. The Morgan fingerprint density at radius 1 is 1.13 bits per heavy atom. The Balaban J connectivity index is 1.84. The average Bonchev–Trinajstić information content (AvgIpc) is 2.54. The van der Waals surface area contributed by atoms with Crippen molar-refractivity contribution in [2.75, 3.05) is 44.7 Å². The fraction of sp³-hybridized carbons (Fsp3) is 0.632. The molecule has 4 nitrogen and oxygen atoms in total. The van der Waals surface area contributed by atoms with E-state index in [4.69, 9.17) is 0 Å². The molecule has 0 amide bonds. The first-order valence-electron chi connectivity index (χ1n) is 8.71. The molecular formula is C19H31N3O. The molecule has 1 aliphatic heterocycles. The van der Waals surface area contributed by atoms with E-state index in [-0.39, 0.29) is 5.78 Å². The molecule has 0 unspecified atom stereocenters. The van der Waals surface area contributed by atoms with Crippen LogP contribution in [0.1, 0.15) is 32.8 Å². The van der Waals surface area contributed by atoms with Crippen molar-refractivity contribution in [2.24, 2.45) is 0 Å². The summed E-state index contributed by atoms with van der Waals surface area (Å²) in [7, 11) is 2.07. The van der Waals surface area contributed by atoms with Crippen LogP contribution in [0.15, 0.2) is 24.3 Å². The molecule has 128 valence electrons. The first-order chi connectivity index (χ1) is 11.0. The molecular weight excluding hydrogens is 286 g/mol. The lowest BCUT2D eigenvalue weighted by Gasteiger charge is -2.38. The first kappa shape index (κ1) is 18.0. The molecule has 1 saturated heterocycles. The zero-order valence-electron chi connectivity index (χ0n) is 15.1. The first-order valence-corrected chi connectivity index (χ1v) is 8.71. The molecule has 2 rings (SSSR count). The van der Waals surface area contributed by atoms with E-state index in [0.717, 1.165) is 39.3 Å².